The molecule has 0 atom stereocenters. The number of carbonyl (C=O) groups excluding carboxylic acids is 1. The summed E-state index contributed by atoms with van der Waals surface area (Å²) in [7, 11) is 3.97. The summed E-state index contributed by atoms with van der Waals surface area (Å²) in [6, 6.07) is 0. The topological polar surface area (TPSA) is 58.4 Å². The van der Waals surface area contributed by atoms with E-state index in [4.69, 9.17) is 18.0 Å². The van der Waals surface area contributed by atoms with E-state index in [0.717, 1.165) is 32.2 Å². The lowest BCUT2D eigenvalue weighted by Crippen LogP contribution is -2.49. The van der Waals surface area contributed by atoms with Crippen LogP contribution in [0.4, 0.5) is 0 Å². The predicted molar refractivity (Wildman–Crippen MR) is 78.5 cm³/mol. The van der Waals surface area contributed by atoms with Crippen molar-refractivity contribution in [3.8, 4) is 0 Å². The van der Waals surface area contributed by atoms with E-state index in [1.54, 1.807) is 0 Å². The van der Waals surface area contributed by atoms with Gasteiger partial charge in [0.2, 0.25) is 5.91 Å². The Labute approximate surface area is 115 Å². The minimum Gasteiger partial charge on any atom is -0.392 e. The molecule has 1 aliphatic carbocycles. The summed E-state index contributed by atoms with van der Waals surface area (Å²) in [6.07, 6.45) is 6.04. The zero-order valence-corrected chi connectivity index (χ0v) is 12.3. The van der Waals surface area contributed by atoms with Gasteiger partial charge in [0, 0.05) is 13.1 Å². The van der Waals surface area contributed by atoms with E-state index >= 15 is 0 Å². The minimum absolute atomic E-state index is 0.0266. The van der Waals surface area contributed by atoms with Crippen molar-refractivity contribution in [2.45, 2.75) is 38.5 Å². The van der Waals surface area contributed by atoms with Crippen LogP contribution in [0.3, 0.4) is 0 Å². The summed E-state index contributed by atoms with van der Waals surface area (Å²) in [6.45, 7) is 1.48. The van der Waals surface area contributed by atoms with E-state index in [9.17, 15) is 4.79 Å². The van der Waals surface area contributed by atoms with Crippen LogP contribution >= 0.6 is 12.2 Å². The number of amides is 1. The molecule has 1 fully saturated rings. The Bertz CT molecular complexity index is 297. The predicted octanol–water partition coefficient (Wildman–Crippen LogP) is 1.29. The molecular weight excluding hydrogens is 246 g/mol. The summed E-state index contributed by atoms with van der Waals surface area (Å²) in [4.78, 5) is 14.8. The normalized spacial score (nSPS) is 19.3. The van der Waals surface area contributed by atoms with E-state index < -0.39 is 5.41 Å². The molecule has 104 valence electrons. The van der Waals surface area contributed by atoms with Crippen molar-refractivity contribution in [2.24, 2.45) is 11.1 Å². The highest BCUT2D eigenvalue weighted by molar-refractivity contribution is 7.80. The standard InChI is InChI=1S/C13H25N3OS/c1-16(2)10-9-15-12(17)13(11(14)18)7-5-3-4-6-8-13/h3-10H2,1-2H3,(H2,14,18)(H,15,17). The van der Waals surface area contributed by atoms with Crippen molar-refractivity contribution in [3.63, 3.8) is 0 Å². The van der Waals surface area contributed by atoms with Crippen LogP contribution in [0.5, 0.6) is 0 Å². The fourth-order valence-corrected chi connectivity index (χ4v) is 2.78. The quantitative estimate of drug-likeness (QED) is 0.584. The molecule has 0 radical (unpaired) electrons. The van der Waals surface area contributed by atoms with Crippen molar-refractivity contribution in [1.82, 2.24) is 10.2 Å². The van der Waals surface area contributed by atoms with Gasteiger partial charge < -0.3 is 16.0 Å². The zero-order valence-electron chi connectivity index (χ0n) is 11.5. The lowest BCUT2D eigenvalue weighted by Gasteiger charge is -2.30. The number of likely N-dealkylation sites (N-methyl/N-ethyl adjacent to an activating group) is 1. The third-order valence-corrected chi connectivity index (χ3v) is 4.10. The Morgan fingerprint density at radius 1 is 1.28 bits per heavy atom. The first-order valence-electron chi connectivity index (χ1n) is 6.72. The van der Waals surface area contributed by atoms with Gasteiger partial charge in [-0.25, -0.2) is 0 Å². The summed E-state index contributed by atoms with van der Waals surface area (Å²) < 4.78 is 0. The molecule has 0 heterocycles. The van der Waals surface area contributed by atoms with Gasteiger partial charge in [-0.3, -0.25) is 4.79 Å². The van der Waals surface area contributed by atoms with Crippen molar-refractivity contribution < 1.29 is 4.79 Å². The van der Waals surface area contributed by atoms with Crippen molar-refractivity contribution in [2.75, 3.05) is 27.2 Å². The lowest BCUT2D eigenvalue weighted by molar-refractivity contribution is -0.128. The van der Waals surface area contributed by atoms with E-state index in [0.29, 0.717) is 11.5 Å². The van der Waals surface area contributed by atoms with Crippen LogP contribution in [0.2, 0.25) is 0 Å². The molecule has 0 aliphatic heterocycles. The number of carbonyl (C=O) groups is 1. The third-order valence-electron chi connectivity index (χ3n) is 3.71. The van der Waals surface area contributed by atoms with Crippen LogP contribution in [0.25, 0.3) is 0 Å². The van der Waals surface area contributed by atoms with Crippen molar-refractivity contribution >= 4 is 23.1 Å². The molecule has 1 amide bonds. The SMILES string of the molecule is CN(C)CCNC(=O)C1(C(N)=S)CCCCCC1. The average Bonchev–Trinajstić information content (AvgIpc) is 2.54. The molecule has 0 saturated heterocycles. The van der Waals surface area contributed by atoms with Gasteiger partial charge in [-0.05, 0) is 26.9 Å². The highest BCUT2D eigenvalue weighted by Crippen LogP contribution is 2.35. The third kappa shape index (κ3) is 3.92. The van der Waals surface area contributed by atoms with E-state index in [1.165, 1.54) is 12.8 Å². The van der Waals surface area contributed by atoms with Gasteiger partial charge in [-0.1, -0.05) is 37.9 Å². The van der Waals surface area contributed by atoms with Gasteiger partial charge >= 0.3 is 0 Å². The number of hydrogen-bond acceptors (Lipinski definition) is 3. The molecule has 0 spiro atoms. The smallest absolute Gasteiger partial charge is 0.233 e. The second kappa shape index (κ2) is 7.04. The Balaban J connectivity index is 2.65. The van der Waals surface area contributed by atoms with Crippen LogP contribution in [0.1, 0.15) is 38.5 Å². The van der Waals surface area contributed by atoms with Gasteiger partial charge in [-0.2, -0.15) is 0 Å². The van der Waals surface area contributed by atoms with Crippen LogP contribution in [-0.2, 0) is 4.79 Å². The maximum absolute atomic E-state index is 12.4. The monoisotopic (exact) mass is 271 g/mol. The van der Waals surface area contributed by atoms with Crippen LogP contribution in [0, 0.1) is 5.41 Å². The number of rotatable bonds is 5. The van der Waals surface area contributed by atoms with Crippen molar-refractivity contribution in [1.29, 1.82) is 0 Å². The summed E-state index contributed by atoms with van der Waals surface area (Å²) >= 11 is 5.17. The van der Waals surface area contributed by atoms with Crippen LogP contribution in [0.15, 0.2) is 0 Å². The molecule has 0 unspecified atom stereocenters. The van der Waals surface area contributed by atoms with Gasteiger partial charge in [0.25, 0.3) is 0 Å². The number of hydrogen-bond donors (Lipinski definition) is 2. The molecule has 3 N–H and O–H groups in total. The molecule has 0 aromatic carbocycles. The molecule has 1 aliphatic rings. The first-order chi connectivity index (χ1) is 8.49. The summed E-state index contributed by atoms with van der Waals surface area (Å²) in [5.74, 6) is 0.0266. The van der Waals surface area contributed by atoms with Crippen molar-refractivity contribution in [3.05, 3.63) is 0 Å². The van der Waals surface area contributed by atoms with E-state index in [-0.39, 0.29) is 5.91 Å². The van der Waals surface area contributed by atoms with Crippen LogP contribution in [-0.4, -0.2) is 43.0 Å². The molecule has 1 rings (SSSR count). The molecule has 5 heteroatoms. The molecule has 0 bridgehead atoms. The van der Waals surface area contributed by atoms with E-state index in [1.807, 2.05) is 19.0 Å². The second-order valence-corrected chi connectivity index (χ2v) is 5.86. The number of nitrogens with one attached hydrogen (secondary N) is 1. The Kier molecular flexibility index (Phi) is 6.02. The molecule has 1 saturated carbocycles. The molecule has 4 nitrogen and oxygen atoms in total. The number of thiocarbonyl (C=S) groups is 1. The Morgan fingerprint density at radius 3 is 2.28 bits per heavy atom. The van der Waals surface area contributed by atoms with Crippen LogP contribution < -0.4 is 11.1 Å². The average molecular weight is 271 g/mol. The first-order valence-corrected chi connectivity index (χ1v) is 7.13. The fraction of sp³-hybridized carbons (Fsp3) is 0.846. The van der Waals surface area contributed by atoms with Gasteiger partial charge in [0.1, 0.15) is 0 Å². The zero-order chi connectivity index (χ0) is 13.6. The van der Waals surface area contributed by atoms with Gasteiger partial charge in [-0.15, -0.1) is 0 Å². The summed E-state index contributed by atoms with van der Waals surface area (Å²) in [5.41, 5.74) is 5.27. The molecule has 18 heavy (non-hydrogen) atoms. The largest absolute Gasteiger partial charge is 0.392 e. The van der Waals surface area contributed by atoms with E-state index in [2.05, 4.69) is 5.32 Å². The number of nitrogens with two attached hydrogens (primary N) is 1. The summed E-state index contributed by atoms with van der Waals surface area (Å²) in [5, 5.41) is 2.99. The van der Waals surface area contributed by atoms with Gasteiger partial charge in [0.05, 0.1) is 10.4 Å². The lowest BCUT2D eigenvalue weighted by atomic mass is 9.79. The molecule has 0 aromatic rings. The highest BCUT2D eigenvalue weighted by Gasteiger charge is 2.41. The fourth-order valence-electron chi connectivity index (χ4n) is 2.48. The molecule has 0 aromatic heterocycles. The maximum atomic E-state index is 12.4. The first kappa shape index (κ1) is 15.4. The minimum atomic E-state index is -0.599. The van der Waals surface area contributed by atoms with Gasteiger partial charge in [0.15, 0.2) is 0 Å². The highest BCUT2D eigenvalue weighted by atomic mass is 32.1. The Morgan fingerprint density at radius 2 is 1.83 bits per heavy atom. The maximum Gasteiger partial charge on any atom is 0.233 e. The Hall–Kier alpha value is -0.680. The number of nitrogens with zero attached hydrogens (tertiary/aromatic N) is 1. The molecular formula is C13H25N3OS. The second-order valence-electron chi connectivity index (χ2n) is 5.42.